The first-order chi connectivity index (χ1) is 10.8. The number of hydrogen-bond acceptors (Lipinski definition) is 2. The van der Waals surface area contributed by atoms with E-state index >= 15 is 0 Å². The predicted octanol–water partition coefficient (Wildman–Crippen LogP) is 3.45. The molecule has 0 unspecified atom stereocenters. The largest absolute Gasteiger partial charge is 0.369 e. The molecule has 1 aromatic carbocycles. The number of H-pyrrole nitrogens is 1. The van der Waals surface area contributed by atoms with Crippen molar-refractivity contribution in [3.05, 3.63) is 35.0 Å². The number of nitrogens with zero attached hydrogens (tertiary/aromatic N) is 1. The predicted molar refractivity (Wildman–Crippen MR) is 96.1 cm³/mol. The number of hydrazone groups is 1. The van der Waals surface area contributed by atoms with Gasteiger partial charge < -0.3 is 10.7 Å². The number of fused-ring (bicyclic) bond motifs is 3. The SMILES string of the molecule is CC(C)c1ccc2[nH]c3c(c2c1)C(=NNC(=N)N)CC(C)(C)C3. The molecule has 1 heterocycles. The monoisotopic (exact) mass is 311 g/mol. The van der Waals surface area contributed by atoms with Crippen LogP contribution in [-0.2, 0) is 6.42 Å². The van der Waals surface area contributed by atoms with Crippen LogP contribution in [0.3, 0.4) is 0 Å². The minimum Gasteiger partial charge on any atom is -0.369 e. The lowest BCUT2D eigenvalue weighted by Gasteiger charge is -2.30. The van der Waals surface area contributed by atoms with Crippen LogP contribution in [0.15, 0.2) is 23.3 Å². The molecule has 122 valence electrons. The number of aromatic amines is 1. The van der Waals surface area contributed by atoms with Crippen molar-refractivity contribution in [2.45, 2.75) is 46.5 Å². The van der Waals surface area contributed by atoms with Gasteiger partial charge in [0.25, 0.3) is 0 Å². The van der Waals surface area contributed by atoms with Crippen molar-refractivity contribution in [3.8, 4) is 0 Å². The van der Waals surface area contributed by atoms with E-state index in [9.17, 15) is 0 Å². The lowest BCUT2D eigenvalue weighted by atomic mass is 9.75. The molecule has 3 rings (SSSR count). The Hall–Kier alpha value is -2.30. The van der Waals surface area contributed by atoms with Gasteiger partial charge in [-0.05, 0) is 41.9 Å². The number of nitrogens with two attached hydrogens (primary N) is 1. The van der Waals surface area contributed by atoms with Crippen LogP contribution in [0.5, 0.6) is 0 Å². The minimum absolute atomic E-state index is 0.131. The first-order valence-corrected chi connectivity index (χ1v) is 8.08. The van der Waals surface area contributed by atoms with Crippen LogP contribution in [0, 0.1) is 10.8 Å². The second-order valence-electron chi connectivity index (χ2n) is 7.54. The molecule has 1 aliphatic carbocycles. The summed E-state index contributed by atoms with van der Waals surface area (Å²) in [5, 5.41) is 13.0. The van der Waals surface area contributed by atoms with Gasteiger partial charge in [-0.1, -0.05) is 33.8 Å². The second kappa shape index (κ2) is 5.41. The molecule has 0 fully saturated rings. The molecule has 1 aromatic heterocycles. The molecule has 5 N–H and O–H groups in total. The fraction of sp³-hybridized carbons (Fsp3) is 0.444. The molecule has 2 aromatic rings. The molecular formula is C18H25N5. The Kier molecular flexibility index (Phi) is 3.66. The third-order valence-corrected chi connectivity index (χ3v) is 4.47. The van der Waals surface area contributed by atoms with Gasteiger partial charge in [-0.3, -0.25) is 5.41 Å². The second-order valence-corrected chi connectivity index (χ2v) is 7.54. The highest BCUT2D eigenvalue weighted by Crippen LogP contribution is 2.38. The summed E-state index contributed by atoms with van der Waals surface area (Å²) in [6.07, 6.45) is 1.85. The van der Waals surface area contributed by atoms with Crippen LogP contribution in [-0.4, -0.2) is 16.7 Å². The third-order valence-electron chi connectivity index (χ3n) is 4.47. The van der Waals surface area contributed by atoms with Gasteiger partial charge in [0.15, 0.2) is 0 Å². The highest BCUT2D eigenvalue weighted by atomic mass is 15.3. The van der Waals surface area contributed by atoms with Crippen LogP contribution in [0.1, 0.15) is 56.9 Å². The zero-order valence-electron chi connectivity index (χ0n) is 14.2. The maximum absolute atomic E-state index is 7.36. The highest BCUT2D eigenvalue weighted by Gasteiger charge is 2.32. The number of aromatic nitrogens is 1. The molecule has 0 saturated heterocycles. The van der Waals surface area contributed by atoms with Gasteiger partial charge in [0.1, 0.15) is 0 Å². The topological polar surface area (TPSA) is 90.0 Å². The maximum Gasteiger partial charge on any atom is 0.206 e. The van der Waals surface area contributed by atoms with Gasteiger partial charge >= 0.3 is 0 Å². The fourth-order valence-corrected chi connectivity index (χ4v) is 3.39. The molecule has 0 saturated carbocycles. The average molecular weight is 311 g/mol. The van der Waals surface area contributed by atoms with Crippen molar-refractivity contribution in [1.82, 2.24) is 10.4 Å². The molecule has 23 heavy (non-hydrogen) atoms. The normalized spacial score (nSPS) is 18.4. The standard InChI is InChI=1S/C18H25N5/c1-10(2)11-5-6-13-12(7-11)16-14(21-13)8-18(3,4)9-15(16)22-23-17(19)20/h5-7,10,21H,8-9H2,1-4H3,(H4,19,20,23). The summed E-state index contributed by atoms with van der Waals surface area (Å²) in [6.45, 7) is 8.89. The molecule has 0 aliphatic heterocycles. The van der Waals surface area contributed by atoms with E-state index in [0.717, 1.165) is 24.1 Å². The van der Waals surface area contributed by atoms with Gasteiger partial charge in [0, 0.05) is 22.2 Å². The molecule has 5 heteroatoms. The number of guanidine groups is 1. The Balaban J connectivity index is 2.19. The van der Waals surface area contributed by atoms with E-state index in [-0.39, 0.29) is 11.4 Å². The zero-order valence-corrected chi connectivity index (χ0v) is 14.2. The zero-order chi connectivity index (χ0) is 16.8. The molecule has 0 radical (unpaired) electrons. The molecule has 0 spiro atoms. The lowest BCUT2D eigenvalue weighted by molar-refractivity contribution is 0.369. The molecular weight excluding hydrogens is 286 g/mol. The van der Waals surface area contributed by atoms with E-state index in [0.29, 0.717) is 5.92 Å². The van der Waals surface area contributed by atoms with Crippen LogP contribution < -0.4 is 11.2 Å². The summed E-state index contributed by atoms with van der Waals surface area (Å²) >= 11 is 0. The Morgan fingerprint density at radius 1 is 1.35 bits per heavy atom. The van der Waals surface area contributed by atoms with Crippen molar-refractivity contribution in [2.75, 3.05) is 0 Å². The first-order valence-electron chi connectivity index (χ1n) is 8.08. The Morgan fingerprint density at radius 3 is 2.74 bits per heavy atom. The molecule has 0 bridgehead atoms. The number of hydrogen-bond donors (Lipinski definition) is 4. The van der Waals surface area contributed by atoms with Crippen molar-refractivity contribution < 1.29 is 0 Å². The number of nitrogens with one attached hydrogen (secondary N) is 3. The van der Waals surface area contributed by atoms with E-state index in [1.54, 1.807) is 0 Å². The van der Waals surface area contributed by atoms with E-state index < -0.39 is 0 Å². The molecule has 1 aliphatic rings. The molecule has 5 nitrogen and oxygen atoms in total. The summed E-state index contributed by atoms with van der Waals surface area (Å²) in [6, 6.07) is 6.60. The van der Waals surface area contributed by atoms with E-state index in [2.05, 4.69) is 61.4 Å². The Bertz CT molecular complexity index is 795. The van der Waals surface area contributed by atoms with Gasteiger partial charge in [-0.2, -0.15) is 5.10 Å². The highest BCUT2D eigenvalue weighted by molar-refractivity contribution is 6.13. The van der Waals surface area contributed by atoms with Crippen molar-refractivity contribution in [3.63, 3.8) is 0 Å². The van der Waals surface area contributed by atoms with Crippen molar-refractivity contribution in [2.24, 2.45) is 16.3 Å². The third kappa shape index (κ3) is 2.96. The van der Waals surface area contributed by atoms with Crippen LogP contribution >= 0.6 is 0 Å². The van der Waals surface area contributed by atoms with Crippen LogP contribution in [0.25, 0.3) is 10.9 Å². The van der Waals surface area contributed by atoms with Crippen molar-refractivity contribution in [1.29, 1.82) is 5.41 Å². The van der Waals surface area contributed by atoms with Gasteiger partial charge in [0.2, 0.25) is 5.96 Å². The summed E-state index contributed by atoms with van der Waals surface area (Å²) in [5.41, 5.74) is 14.0. The summed E-state index contributed by atoms with van der Waals surface area (Å²) in [5.74, 6) is 0.353. The van der Waals surface area contributed by atoms with E-state index in [1.807, 2.05) is 0 Å². The summed E-state index contributed by atoms with van der Waals surface area (Å²) in [7, 11) is 0. The van der Waals surface area contributed by atoms with E-state index in [1.165, 1.54) is 22.2 Å². The smallest absolute Gasteiger partial charge is 0.206 e. The summed E-state index contributed by atoms with van der Waals surface area (Å²) < 4.78 is 0. The van der Waals surface area contributed by atoms with Gasteiger partial charge in [-0.25, -0.2) is 5.43 Å². The lowest BCUT2D eigenvalue weighted by Crippen LogP contribution is -2.31. The Labute approximate surface area is 136 Å². The quantitative estimate of drug-likeness (QED) is 0.389. The van der Waals surface area contributed by atoms with E-state index in [4.69, 9.17) is 11.1 Å². The number of benzene rings is 1. The fourth-order valence-electron chi connectivity index (χ4n) is 3.39. The van der Waals surface area contributed by atoms with Crippen LogP contribution in [0.2, 0.25) is 0 Å². The maximum atomic E-state index is 7.36. The summed E-state index contributed by atoms with van der Waals surface area (Å²) in [4.78, 5) is 3.56. The van der Waals surface area contributed by atoms with Crippen molar-refractivity contribution >= 4 is 22.6 Å². The van der Waals surface area contributed by atoms with Crippen LogP contribution in [0.4, 0.5) is 0 Å². The van der Waals surface area contributed by atoms with Gasteiger partial charge in [0.05, 0.1) is 5.71 Å². The minimum atomic E-state index is -0.134. The molecule has 0 amide bonds. The number of rotatable bonds is 2. The molecule has 0 atom stereocenters. The average Bonchev–Trinajstić information content (AvgIpc) is 2.79. The Morgan fingerprint density at radius 2 is 2.09 bits per heavy atom. The first kappa shape index (κ1) is 15.6. The van der Waals surface area contributed by atoms with Gasteiger partial charge in [-0.15, -0.1) is 0 Å².